The zero-order chi connectivity index (χ0) is 12.5. The van der Waals surface area contributed by atoms with E-state index in [0.29, 0.717) is 0 Å². The van der Waals surface area contributed by atoms with Crippen LogP contribution in [0.4, 0.5) is 0 Å². The molecule has 1 amide bonds. The lowest BCUT2D eigenvalue weighted by molar-refractivity contribution is -0.121. The molecule has 0 bridgehead atoms. The summed E-state index contributed by atoms with van der Waals surface area (Å²) in [5.74, 6) is 0.135. The smallest absolute Gasteiger partial charge is 0.234 e. The van der Waals surface area contributed by atoms with Gasteiger partial charge in [0.05, 0.1) is 5.25 Å². The van der Waals surface area contributed by atoms with E-state index in [4.69, 9.17) is 0 Å². The van der Waals surface area contributed by atoms with Crippen LogP contribution in [0.15, 0.2) is 29.2 Å². The summed E-state index contributed by atoms with van der Waals surface area (Å²) in [6, 6.07) is 8.24. The maximum absolute atomic E-state index is 12.1. The first-order valence-corrected chi connectivity index (χ1v) is 7.64. The number of carbonyl (C=O) groups excluding carboxylic acids is 1. The molecule has 1 aromatic carbocycles. The van der Waals surface area contributed by atoms with Crippen molar-refractivity contribution in [3.8, 4) is 0 Å². The highest BCUT2D eigenvalue weighted by molar-refractivity contribution is 9.09. The van der Waals surface area contributed by atoms with Gasteiger partial charge in [-0.25, -0.2) is 0 Å². The van der Waals surface area contributed by atoms with E-state index in [0.717, 1.165) is 11.8 Å². The molecule has 0 fully saturated rings. The Morgan fingerprint density at radius 2 is 2.24 bits per heavy atom. The first-order chi connectivity index (χ1) is 8.02. The Bertz CT molecular complexity index is 408. The maximum Gasteiger partial charge on any atom is 0.234 e. The molecule has 0 saturated heterocycles. The van der Waals surface area contributed by atoms with E-state index in [1.807, 2.05) is 26.0 Å². The second-order valence-corrected chi connectivity index (χ2v) is 6.73. The largest absolute Gasteiger partial charge is 0.349 e. The van der Waals surface area contributed by atoms with Crippen LogP contribution < -0.4 is 5.32 Å². The first-order valence-electron chi connectivity index (χ1n) is 5.64. The van der Waals surface area contributed by atoms with Crippen LogP contribution >= 0.6 is 27.7 Å². The molecule has 0 spiro atoms. The van der Waals surface area contributed by atoms with Crippen molar-refractivity contribution in [2.24, 2.45) is 0 Å². The third-order valence-corrected chi connectivity index (χ3v) is 5.45. The van der Waals surface area contributed by atoms with Crippen molar-refractivity contribution in [2.45, 2.75) is 36.0 Å². The highest BCUT2D eigenvalue weighted by Crippen LogP contribution is 2.36. The lowest BCUT2D eigenvalue weighted by Crippen LogP contribution is -2.48. The first kappa shape index (κ1) is 13.0. The van der Waals surface area contributed by atoms with Gasteiger partial charge in [-0.05, 0) is 31.9 Å². The van der Waals surface area contributed by atoms with Crippen LogP contribution in [0.2, 0.25) is 0 Å². The topological polar surface area (TPSA) is 29.1 Å². The van der Waals surface area contributed by atoms with Gasteiger partial charge >= 0.3 is 0 Å². The zero-order valence-electron chi connectivity index (χ0n) is 10.00. The van der Waals surface area contributed by atoms with Crippen LogP contribution in [0, 0.1) is 0 Å². The molecule has 1 aliphatic rings. The van der Waals surface area contributed by atoms with E-state index in [-0.39, 0.29) is 16.7 Å². The molecule has 0 aromatic heterocycles. The van der Waals surface area contributed by atoms with E-state index in [2.05, 4.69) is 33.4 Å². The van der Waals surface area contributed by atoms with Gasteiger partial charge in [-0.3, -0.25) is 4.79 Å². The monoisotopic (exact) mass is 313 g/mol. The molecule has 2 rings (SSSR count). The fourth-order valence-electron chi connectivity index (χ4n) is 1.78. The molecular weight excluding hydrogens is 298 g/mol. The van der Waals surface area contributed by atoms with Crippen molar-refractivity contribution in [3.05, 3.63) is 29.8 Å². The van der Waals surface area contributed by atoms with E-state index < -0.39 is 0 Å². The van der Waals surface area contributed by atoms with Gasteiger partial charge < -0.3 is 5.32 Å². The predicted molar refractivity (Wildman–Crippen MR) is 75.8 cm³/mol. The average Bonchev–Trinajstić information content (AvgIpc) is 2.72. The minimum absolute atomic E-state index is 0.0192. The van der Waals surface area contributed by atoms with Crippen molar-refractivity contribution >= 4 is 33.6 Å². The molecular formula is C13H16BrNOS. The van der Waals surface area contributed by atoms with Crippen molar-refractivity contribution in [3.63, 3.8) is 0 Å². The Hall–Kier alpha value is -0.480. The lowest BCUT2D eigenvalue weighted by Gasteiger charge is -2.25. The number of halogens is 1. The fraction of sp³-hybridized carbons (Fsp3) is 0.462. The Balaban J connectivity index is 2.01. The molecule has 1 aliphatic heterocycles. The van der Waals surface area contributed by atoms with Crippen LogP contribution in [-0.4, -0.2) is 22.0 Å². The second kappa shape index (κ2) is 5.02. The van der Waals surface area contributed by atoms with Gasteiger partial charge in [-0.2, -0.15) is 0 Å². The fourth-order valence-corrected chi connectivity index (χ4v) is 3.11. The number of rotatable bonds is 3. The minimum atomic E-state index is -0.188. The van der Waals surface area contributed by atoms with Gasteiger partial charge in [0.25, 0.3) is 0 Å². The third kappa shape index (κ3) is 3.05. The molecule has 0 saturated carbocycles. The van der Waals surface area contributed by atoms with Crippen molar-refractivity contribution in [1.29, 1.82) is 0 Å². The summed E-state index contributed by atoms with van der Waals surface area (Å²) in [4.78, 5) is 13.4. The summed E-state index contributed by atoms with van der Waals surface area (Å²) >= 11 is 5.08. The molecule has 1 atom stereocenters. The lowest BCUT2D eigenvalue weighted by atomic mass is 10.1. The number of hydrogen-bond acceptors (Lipinski definition) is 2. The highest BCUT2D eigenvalue weighted by Gasteiger charge is 2.30. The number of thioether (sulfide) groups is 1. The molecule has 2 nitrogen and oxygen atoms in total. The summed E-state index contributed by atoms with van der Waals surface area (Å²) in [6.07, 6.45) is 0.838. The molecule has 1 aromatic rings. The van der Waals surface area contributed by atoms with Crippen LogP contribution in [0.25, 0.3) is 0 Å². The van der Waals surface area contributed by atoms with Crippen molar-refractivity contribution in [1.82, 2.24) is 5.32 Å². The molecule has 1 N–H and O–H groups in total. The third-order valence-electron chi connectivity index (χ3n) is 2.74. The molecule has 1 heterocycles. The molecule has 92 valence electrons. The molecule has 1 unspecified atom stereocenters. The number of amides is 1. The number of hydrogen-bond donors (Lipinski definition) is 1. The summed E-state index contributed by atoms with van der Waals surface area (Å²) in [7, 11) is 0. The minimum Gasteiger partial charge on any atom is -0.349 e. The average molecular weight is 314 g/mol. The zero-order valence-corrected chi connectivity index (χ0v) is 12.4. The predicted octanol–water partition coefficient (Wildman–Crippen LogP) is 2.99. The van der Waals surface area contributed by atoms with Gasteiger partial charge in [0.15, 0.2) is 0 Å². The van der Waals surface area contributed by atoms with E-state index in [1.54, 1.807) is 11.8 Å². The molecule has 0 aliphatic carbocycles. The number of fused-ring (bicyclic) bond motifs is 1. The quantitative estimate of drug-likeness (QED) is 0.869. The highest BCUT2D eigenvalue weighted by atomic mass is 79.9. The van der Waals surface area contributed by atoms with Crippen LogP contribution in [-0.2, 0) is 11.2 Å². The Morgan fingerprint density at radius 3 is 2.88 bits per heavy atom. The van der Waals surface area contributed by atoms with Crippen molar-refractivity contribution < 1.29 is 4.79 Å². The number of alkyl halides is 1. The van der Waals surface area contributed by atoms with Crippen LogP contribution in [0.3, 0.4) is 0 Å². The maximum atomic E-state index is 12.1. The molecule has 4 heteroatoms. The molecule has 17 heavy (non-hydrogen) atoms. The van der Waals surface area contributed by atoms with E-state index in [1.165, 1.54) is 10.5 Å². The number of nitrogens with one attached hydrogen (secondary N) is 1. The SMILES string of the molecule is CC(C)(CBr)NC(=O)C1Cc2ccccc2S1. The summed E-state index contributed by atoms with van der Waals surface area (Å²) < 4.78 is 0. The number of benzene rings is 1. The van der Waals surface area contributed by atoms with Gasteiger partial charge in [-0.15, -0.1) is 11.8 Å². The Labute approximate surface area is 115 Å². The van der Waals surface area contributed by atoms with Gasteiger partial charge in [0, 0.05) is 15.8 Å². The van der Waals surface area contributed by atoms with E-state index >= 15 is 0 Å². The van der Waals surface area contributed by atoms with Gasteiger partial charge in [0.2, 0.25) is 5.91 Å². The normalized spacial score (nSPS) is 18.9. The Morgan fingerprint density at radius 1 is 1.53 bits per heavy atom. The van der Waals surface area contributed by atoms with Crippen molar-refractivity contribution in [2.75, 3.05) is 5.33 Å². The second-order valence-electron chi connectivity index (χ2n) is 4.93. The number of carbonyl (C=O) groups is 1. The van der Waals surface area contributed by atoms with Gasteiger partial charge in [0.1, 0.15) is 0 Å². The Kier molecular flexibility index (Phi) is 3.83. The molecule has 0 radical (unpaired) electrons. The van der Waals surface area contributed by atoms with Crippen LogP contribution in [0.5, 0.6) is 0 Å². The van der Waals surface area contributed by atoms with E-state index in [9.17, 15) is 4.79 Å². The summed E-state index contributed by atoms with van der Waals surface area (Å²) in [6.45, 7) is 4.04. The van der Waals surface area contributed by atoms with Crippen LogP contribution in [0.1, 0.15) is 19.4 Å². The summed E-state index contributed by atoms with van der Waals surface area (Å²) in [5, 5.41) is 3.86. The summed E-state index contributed by atoms with van der Waals surface area (Å²) in [5.41, 5.74) is 1.10. The standard InChI is InChI=1S/C13H16BrNOS/c1-13(2,8-14)15-12(16)11-7-9-5-3-4-6-10(9)17-11/h3-6,11H,7-8H2,1-2H3,(H,15,16). The van der Waals surface area contributed by atoms with Gasteiger partial charge in [-0.1, -0.05) is 34.1 Å².